The number of ether oxygens (including phenoxy) is 1. The third kappa shape index (κ3) is 1.76. The molecule has 5 heteroatoms. The smallest absolute Gasteiger partial charge is 0.296 e. The first kappa shape index (κ1) is 11.2. The van der Waals surface area contributed by atoms with Gasteiger partial charge in [0.15, 0.2) is 0 Å². The zero-order chi connectivity index (χ0) is 12.7. The van der Waals surface area contributed by atoms with Crippen LogP contribution in [-0.4, -0.2) is 37.5 Å². The lowest BCUT2D eigenvalue weighted by atomic mass is 10.1. The van der Waals surface area contributed by atoms with Gasteiger partial charge in [-0.1, -0.05) is 0 Å². The molecule has 1 aromatic rings. The summed E-state index contributed by atoms with van der Waals surface area (Å²) in [5.74, 6) is -0.996. The lowest BCUT2D eigenvalue weighted by molar-refractivity contribution is -0.112. The van der Waals surface area contributed by atoms with Gasteiger partial charge in [-0.25, -0.2) is 0 Å². The van der Waals surface area contributed by atoms with Gasteiger partial charge in [0.1, 0.15) is 0 Å². The molecule has 0 bridgehead atoms. The van der Waals surface area contributed by atoms with E-state index in [0.29, 0.717) is 17.9 Å². The van der Waals surface area contributed by atoms with Crippen LogP contribution >= 0.6 is 0 Å². The number of hydrogen-bond acceptors (Lipinski definition) is 4. The van der Waals surface area contributed by atoms with Gasteiger partial charge in [-0.3, -0.25) is 9.59 Å². The first-order valence-corrected chi connectivity index (χ1v) is 6.01. The second-order valence-electron chi connectivity index (χ2n) is 4.64. The number of Topliss-reactive ketones (excluding diaryl/α,β-unsaturated/α-hetero) is 1. The summed E-state index contributed by atoms with van der Waals surface area (Å²) < 4.78 is 5.49. The molecule has 3 rings (SSSR count). The van der Waals surface area contributed by atoms with E-state index in [-0.39, 0.29) is 6.10 Å². The van der Waals surface area contributed by atoms with Gasteiger partial charge in [-0.15, -0.1) is 0 Å². The van der Waals surface area contributed by atoms with E-state index < -0.39 is 11.7 Å². The minimum Gasteiger partial charge on any atom is -0.375 e. The van der Waals surface area contributed by atoms with Gasteiger partial charge in [0.05, 0.1) is 24.0 Å². The summed E-state index contributed by atoms with van der Waals surface area (Å²) in [6.07, 6.45) is 0.197. The molecule has 0 saturated carbocycles. The molecular formula is C13H14N2O3. The average molecular weight is 246 g/mol. The number of hydrogen-bond donors (Lipinski definition) is 1. The van der Waals surface area contributed by atoms with Crippen molar-refractivity contribution in [1.29, 1.82) is 0 Å². The zero-order valence-corrected chi connectivity index (χ0v) is 10.1. The van der Waals surface area contributed by atoms with Crippen molar-refractivity contribution >= 4 is 23.1 Å². The number of morpholine rings is 1. The molecule has 0 spiro atoms. The molecule has 1 fully saturated rings. The SMILES string of the molecule is CC1CN(c2ccc3c(c2)NC(=O)C3=O)CCO1. The van der Waals surface area contributed by atoms with Crippen molar-refractivity contribution in [3.63, 3.8) is 0 Å². The van der Waals surface area contributed by atoms with Crippen LogP contribution in [-0.2, 0) is 9.53 Å². The van der Waals surface area contributed by atoms with E-state index in [4.69, 9.17) is 4.74 Å². The van der Waals surface area contributed by atoms with E-state index >= 15 is 0 Å². The molecule has 0 aromatic heterocycles. The fraction of sp³-hybridized carbons (Fsp3) is 0.385. The van der Waals surface area contributed by atoms with Gasteiger partial charge in [0.25, 0.3) is 11.7 Å². The number of anilines is 2. The lowest BCUT2D eigenvalue weighted by Crippen LogP contribution is -2.41. The van der Waals surface area contributed by atoms with Crippen molar-refractivity contribution in [3.8, 4) is 0 Å². The first-order valence-electron chi connectivity index (χ1n) is 6.01. The molecule has 1 aromatic carbocycles. The summed E-state index contributed by atoms with van der Waals surface area (Å²) in [7, 11) is 0. The quantitative estimate of drug-likeness (QED) is 0.752. The van der Waals surface area contributed by atoms with Crippen LogP contribution < -0.4 is 10.2 Å². The Hall–Kier alpha value is -1.88. The maximum absolute atomic E-state index is 11.5. The molecule has 18 heavy (non-hydrogen) atoms. The van der Waals surface area contributed by atoms with E-state index in [0.717, 1.165) is 18.8 Å². The highest BCUT2D eigenvalue weighted by atomic mass is 16.5. The number of ketones is 1. The van der Waals surface area contributed by atoms with Gasteiger partial charge >= 0.3 is 0 Å². The predicted octanol–water partition coefficient (Wildman–Crippen LogP) is 1.05. The second-order valence-corrected chi connectivity index (χ2v) is 4.64. The number of nitrogens with one attached hydrogen (secondary N) is 1. The molecule has 5 nitrogen and oxygen atoms in total. The number of carbonyl (C=O) groups is 2. The topological polar surface area (TPSA) is 58.6 Å². The number of benzene rings is 1. The molecule has 94 valence electrons. The van der Waals surface area contributed by atoms with Gasteiger partial charge < -0.3 is 15.0 Å². The molecular weight excluding hydrogens is 232 g/mol. The standard InChI is InChI=1S/C13H14N2O3/c1-8-7-15(4-5-18-8)9-2-3-10-11(6-9)14-13(17)12(10)16/h2-3,6,8H,4-5,7H2,1H3,(H,14,16,17). The Labute approximate surface area is 105 Å². The molecule has 1 atom stereocenters. The summed E-state index contributed by atoms with van der Waals surface area (Å²) in [4.78, 5) is 25.0. The van der Waals surface area contributed by atoms with Crippen LogP contribution in [0.15, 0.2) is 18.2 Å². The summed E-state index contributed by atoms with van der Waals surface area (Å²) in [5.41, 5.74) is 2.09. The van der Waals surface area contributed by atoms with Crippen LogP contribution in [0.5, 0.6) is 0 Å². The molecule has 0 aliphatic carbocycles. The van der Waals surface area contributed by atoms with E-state index in [1.54, 1.807) is 6.07 Å². The third-order valence-electron chi connectivity index (χ3n) is 3.31. The van der Waals surface area contributed by atoms with Crippen LogP contribution in [0.4, 0.5) is 11.4 Å². The summed E-state index contributed by atoms with van der Waals surface area (Å²) in [6, 6.07) is 5.45. The number of amides is 1. The molecule has 1 saturated heterocycles. The number of carbonyl (C=O) groups excluding carboxylic acids is 2. The Bertz CT molecular complexity index is 527. The van der Waals surface area contributed by atoms with Gasteiger partial charge in [0, 0.05) is 18.8 Å². The van der Waals surface area contributed by atoms with Crippen molar-refractivity contribution in [1.82, 2.24) is 0 Å². The Morgan fingerprint density at radius 3 is 3.00 bits per heavy atom. The van der Waals surface area contributed by atoms with E-state index in [1.807, 2.05) is 19.1 Å². The summed E-state index contributed by atoms with van der Waals surface area (Å²) in [5, 5.41) is 2.59. The van der Waals surface area contributed by atoms with Crippen LogP contribution in [0.25, 0.3) is 0 Å². The number of nitrogens with zero attached hydrogens (tertiary/aromatic N) is 1. The maximum atomic E-state index is 11.5. The van der Waals surface area contributed by atoms with E-state index in [1.165, 1.54) is 0 Å². The molecule has 1 amide bonds. The third-order valence-corrected chi connectivity index (χ3v) is 3.31. The van der Waals surface area contributed by atoms with Crippen molar-refractivity contribution in [2.75, 3.05) is 29.9 Å². The summed E-state index contributed by atoms with van der Waals surface area (Å²) in [6.45, 7) is 4.38. The largest absolute Gasteiger partial charge is 0.375 e. The second kappa shape index (κ2) is 4.10. The van der Waals surface area contributed by atoms with Crippen molar-refractivity contribution in [3.05, 3.63) is 23.8 Å². The van der Waals surface area contributed by atoms with Gasteiger partial charge in [-0.2, -0.15) is 0 Å². The van der Waals surface area contributed by atoms with Crippen LogP contribution in [0.3, 0.4) is 0 Å². The molecule has 1 N–H and O–H groups in total. The zero-order valence-electron chi connectivity index (χ0n) is 10.1. The molecule has 0 radical (unpaired) electrons. The average Bonchev–Trinajstić information content (AvgIpc) is 2.65. The molecule has 2 aliphatic rings. The van der Waals surface area contributed by atoms with Gasteiger partial charge in [0.2, 0.25) is 0 Å². The Morgan fingerprint density at radius 1 is 1.39 bits per heavy atom. The summed E-state index contributed by atoms with van der Waals surface area (Å²) >= 11 is 0. The number of fused-ring (bicyclic) bond motifs is 1. The fourth-order valence-corrected chi connectivity index (χ4v) is 2.38. The molecule has 1 unspecified atom stereocenters. The predicted molar refractivity (Wildman–Crippen MR) is 67.0 cm³/mol. The highest BCUT2D eigenvalue weighted by Crippen LogP contribution is 2.29. The van der Waals surface area contributed by atoms with Crippen molar-refractivity contribution < 1.29 is 14.3 Å². The van der Waals surface area contributed by atoms with Crippen LogP contribution in [0, 0.1) is 0 Å². The van der Waals surface area contributed by atoms with Gasteiger partial charge in [-0.05, 0) is 25.1 Å². The Kier molecular flexibility index (Phi) is 2.56. The first-order chi connectivity index (χ1) is 8.65. The van der Waals surface area contributed by atoms with Crippen molar-refractivity contribution in [2.24, 2.45) is 0 Å². The minimum absolute atomic E-state index is 0.197. The molecule has 2 heterocycles. The Morgan fingerprint density at radius 2 is 2.22 bits per heavy atom. The minimum atomic E-state index is -0.544. The Balaban J connectivity index is 1.89. The van der Waals surface area contributed by atoms with Crippen LogP contribution in [0.1, 0.15) is 17.3 Å². The molecule has 2 aliphatic heterocycles. The highest BCUT2D eigenvalue weighted by molar-refractivity contribution is 6.51. The monoisotopic (exact) mass is 246 g/mol. The highest BCUT2D eigenvalue weighted by Gasteiger charge is 2.28. The maximum Gasteiger partial charge on any atom is 0.296 e. The van der Waals surface area contributed by atoms with Crippen molar-refractivity contribution in [2.45, 2.75) is 13.0 Å². The lowest BCUT2D eigenvalue weighted by Gasteiger charge is -2.33. The fourth-order valence-electron chi connectivity index (χ4n) is 2.38. The van der Waals surface area contributed by atoms with Crippen LogP contribution in [0.2, 0.25) is 0 Å². The van der Waals surface area contributed by atoms with E-state index in [9.17, 15) is 9.59 Å². The van der Waals surface area contributed by atoms with E-state index in [2.05, 4.69) is 10.2 Å². The number of rotatable bonds is 1. The normalized spacial score (nSPS) is 22.9.